The van der Waals surface area contributed by atoms with Crippen LogP contribution < -0.4 is 9.64 Å². The molecule has 0 radical (unpaired) electrons. The van der Waals surface area contributed by atoms with E-state index >= 15 is 0 Å². The predicted octanol–water partition coefficient (Wildman–Crippen LogP) is 3.38. The van der Waals surface area contributed by atoms with Gasteiger partial charge in [-0.1, -0.05) is 0 Å². The second-order valence-electron chi connectivity index (χ2n) is 6.08. The summed E-state index contributed by atoms with van der Waals surface area (Å²) in [5.41, 5.74) is -0.573. The number of phenols is 1. The van der Waals surface area contributed by atoms with Gasteiger partial charge in [-0.15, -0.1) is 0 Å². The molecule has 0 saturated heterocycles. The number of aromatic hydroxyl groups is 1. The first-order valence-corrected chi connectivity index (χ1v) is 7.37. The number of ether oxygens (including phenoxy) is 1. The third kappa shape index (κ3) is 2.28. The topological polar surface area (TPSA) is 49.8 Å². The summed E-state index contributed by atoms with van der Waals surface area (Å²) >= 11 is 0. The molecule has 1 saturated carbocycles. The summed E-state index contributed by atoms with van der Waals surface area (Å²) in [6, 6.07) is 5.32. The van der Waals surface area contributed by atoms with E-state index in [1.807, 2.05) is 0 Å². The Bertz CT molecular complexity index is 841. The molecule has 1 aliphatic carbocycles. The van der Waals surface area contributed by atoms with Crippen molar-refractivity contribution in [3.63, 3.8) is 0 Å². The lowest BCUT2D eigenvalue weighted by Gasteiger charge is -2.35. The molecule has 4 rings (SSSR count). The van der Waals surface area contributed by atoms with Crippen LogP contribution >= 0.6 is 0 Å². The second kappa shape index (κ2) is 4.90. The number of carbonyl (C=O) groups excluding carboxylic acids is 1. The average molecular weight is 335 g/mol. The fraction of sp³-hybridized carbons (Fsp3) is 0.235. The predicted molar refractivity (Wildman–Crippen MR) is 78.7 cm³/mol. The van der Waals surface area contributed by atoms with Crippen LogP contribution in [0, 0.1) is 17.5 Å². The van der Waals surface area contributed by atoms with Gasteiger partial charge in [0.05, 0.1) is 12.2 Å². The summed E-state index contributed by atoms with van der Waals surface area (Å²) in [4.78, 5) is 14.0. The SMILES string of the molecule is O=C(c1cc(F)c(O)c(F)c1)N1CC2(CC2)Oc2ccc(F)cc21. The fourth-order valence-corrected chi connectivity index (χ4v) is 2.85. The lowest BCUT2D eigenvalue weighted by molar-refractivity contribution is 0.0942. The minimum absolute atomic E-state index is 0.173. The van der Waals surface area contributed by atoms with E-state index < -0.39 is 34.7 Å². The molecule has 0 atom stereocenters. The van der Waals surface area contributed by atoms with Crippen LogP contribution in [-0.4, -0.2) is 23.2 Å². The zero-order valence-corrected chi connectivity index (χ0v) is 12.4. The summed E-state index contributed by atoms with van der Waals surface area (Å²) in [5.74, 6) is -4.48. The van der Waals surface area contributed by atoms with Gasteiger partial charge in [0.15, 0.2) is 17.4 Å². The molecule has 2 aromatic rings. The number of phenolic OH excluding ortho intramolecular Hbond substituents is 1. The van der Waals surface area contributed by atoms with Gasteiger partial charge < -0.3 is 14.7 Å². The van der Waals surface area contributed by atoms with Gasteiger partial charge in [-0.3, -0.25) is 4.79 Å². The Hall–Kier alpha value is -2.70. The number of rotatable bonds is 1. The summed E-state index contributed by atoms with van der Waals surface area (Å²) in [6.07, 6.45) is 1.48. The van der Waals surface area contributed by atoms with Crippen molar-refractivity contribution in [2.24, 2.45) is 0 Å². The zero-order chi connectivity index (χ0) is 17.1. The molecular formula is C17H12F3NO3. The Morgan fingerprint density at radius 3 is 2.42 bits per heavy atom. The number of carbonyl (C=O) groups is 1. The average Bonchev–Trinajstić information content (AvgIpc) is 3.30. The molecule has 2 aromatic carbocycles. The molecule has 1 spiro atoms. The third-order valence-electron chi connectivity index (χ3n) is 4.30. The molecular weight excluding hydrogens is 323 g/mol. The van der Waals surface area contributed by atoms with E-state index in [2.05, 4.69) is 0 Å². The summed E-state index contributed by atoms with van der Waals surface area (Å²) in [6.45, 7) is 0.173. The minimum Gasteiger partial charge on any atom is -0.503 e. The molecule has 1 aliphatic heterocycles. The zero-order valence-electron chi connectivity index (χ0n) is 12.4. The van der Waals surface area contributed by atoms with Crippen LogP contribution in [0.15, 0.2) is 30.3 Å². The largest absolute Gasteiger partial charge is 0.503 e. The highest BCUT2D eigenvalue weighted by molar-refractivity contribution is 6.07. The van der Waals surface area contributed by atoms with Crippen molar-refractivity contribution in [3.8, 4) is 11.5 Å². The Labute approximate surface area is 135 Å². The van der Waals surface area contributed by atoms with E-state index in [4.69, 9.17) is 9.84 Å². The summed E-state index contributed by atoms with van der Waals surface area (Å²) in [5, 5.41) is 9.17. The molecule has 1 amide bonds. The van der Waals surface area contributed by atoms with Gasteiger partial charge in [-0.05, 0) is 37.1 Å². The quantitative estimate of drug-likeness (QED) is 0.869. The molecule has 0 bridgehead atoms. The maximum Gasteiger partial charge on any atom is 0.258 e. The van der Waals surface area contributed by atoms with Crippen molar-refractivity contribution in [2.75, 3.05) is 11.4 Å². The van der Waals surface area contributed by atoms with Gasteiger partial charge in [-0.2, -0.15) is 0 Å². The van der Waals surface area contributed by atoms with Crippen LogP contribution in [0.4, 0.5) is 18.9 Å². The fourth-order valence-electron chi connectivity index (χ4n) is 2.85. The van der Waals surface area contributed by atoms with Crippen LogP contribution in [0.1, 0.15) is 23.2 Å². The number of hydrogen-bond donors (Lipinski definition) is 1. The molecule has 0 unspecified atom stereocenters. The number of hydrogen-bond acceptors (Lipinski definition) is 3. The van der Waals surface area contributed by atoms with E-state index in [-0.39, 0.29) is 17.8 Å². The maximum absolute atomic E-state index is 13.6. The number of nitrogens with zero attached hydrogens (tertiary/aromatic N) is 1. The Balaban J connectivity index is 1.78. The Kier molecular flexibility index (Phi) is 3.03. The van der Waals surface area contributed by atoms with E-state index in [0.717, 1.165) is 31.0 Å². The van der Waals surface area contributed by atoms with Crippen molar-refractivity contribution in [1.82, 2.24) is 0 Å². The van der Waals surface area contributed by atoms with Crippen LogP contribution in [0.2, 0.25) is 0 Å². The van der Waals surface area contributed by atoms with Crippen molar-refractivity contribution in [3.05, 3.63) is 53.3 Å². The van der Waals surface area contributed by atoms with E-state index in [1.165, 1.54) is 17.0 Å². The lowest BCUT2D eigenvalue weighted by Crippen LogP contribution is -2.45. The van der Waals surface area contributed by atoms with E-state index in [1.54, 1.807) is 0 Å². The molecule has 4 nitrogen and oxygen atoms in total. The number of benzene rings is 2. The molecule has 2 aliphatic rings. The van der Waals surface area contributed by atoms with Crippen molar-refractivity contribution >= 4 is 11.6 Å². The molecule has 24 heavy (non-hydrogen) atoms. The van der Waals surface area contributed by atoms with Crippen LogP contribution in [0.25, 0.3) is 0 Å². The smallest absolute Gasteiger partial charge is 0.258 e. The first kappa shape index (κ1) is 14.9. The number of halogens is 3. The van der Waals surface area contributed by atoms with Gasteiger partial charge in [-0.25, -0.2) is 13.2 Å². The van der Waals surface area contributed by atoms with E-state index in [9.17, 15) is 18.0 Å². The second-order valence-corrected chi connectivity index (χ2v) is 6.08. The highest BCUT2D eigenvalue weighted by atomic mass is 19.1. The summed E-state index contributed by atoms with van der Waals surface area (Å²) < 4.78 is 46.5. The molecule has 1 fully saturated rings. The van der Waals surface area contributed by atoms with Gasteiger partial charge in [0.2, 0.25) is 0 Å². The van der Waals surface area contributed by atoms with Gasteiger partial charge in [0.1, 0.15) is 17.2 Å². The lowest BCUT2D eigenvalue weighted by atomic mass is 10.1. The number of fused-ring (bicyclic) bond motifs is 1. The highest BCUT2D eigenvalue weighted by Gasteiger charge is 2.51. The Morgan fingerprint density at radius 1 is 1.12 bits per heavy atom. The number of amides is 1. The molecule has 1 heterocycles. The maximum atomic E-state index is 13.6. The summed E-state index contributed by atoms with van der Waals surface area (Å²) in [7, 11) is 0. The van der Waals surface area contributed by atoms with Crippen molar-refractivity contribution in [2.45, 2.75) is 18.4 Å². The van der Waals surface area contributed by atoms with Crippen molar-refractivity contribution in [1.29, 1.82) is 0 Å². The standard InChI is InChI=1S/C17H12F3NO3/c18-10-1-2-14-13(7-10)21(8-17(24-14)3-4-17)16(23)9-5-11(19)15(22)12(20)6-9/h1-2,5-7,22H,3-4,8H2. The first-order valence-electron chi connectivity index (χ1n) is 7.37. The minimum atomic E-state index is -1.23. The molecule has 7 heteroatoms. The molecule has 124 valence electrons. The van der Waals surface area contributed by atoms with Gasteiger partial charge in [0.25, 0.3) is 5.91 Å². The Morgan fingerprint density at radius 2 is 1.79 bits per heavy atom. The van der Waals surface area contributed by atoms with Crippen LogP contribution in [-0.2, 0) is 0 Å². The van der Waals surface area contributed by atoms with E-state index in [0.29, 0.717) is 5.75 Å². The first-order chi connectivity index (χ1) is 11.4. The molecule has 1 N–H and O–H groups in total. The van der Waals surface area contributed by atoms with Gasteiger partial charge >= 0.3 is 0 Å². The van der Waals surface area contributed by atoms with Crippen LogP contribution in [0.3, 0.4) is 0 Å². The van der Waals surface area contributed by atoms with Gasteiger partial charge in [0, 0.05) is 11.6 Å². The third-order valence-corrected chi connectivity index (χ3v) is 4.30. The van der Waals surface area contributed by atoms with Crippen LogP contribution in [0.5, 0.6) is 11.5 Å². The monoisotopic (exact) mass is 335 g/mol. The molecule has 0 aromatic heterocycles. The van der Waals surface area contributed by atoms with Crippen molar-refractivity contribution < 1.29 is 27.8 Å². The number of anilines is 1. The highest BCUT2D eigenvalue weighted by Crippen LogP contribution is 2.48. The normalized spacial score (nSPS) is 17.4.